The molecule has 2 aliphatic rings. The van der Waals surface area contributed by atoms with Gasteiger partial charge in [-0.1, -0.05) is 19.3 Å². The van der Waals surface area contributed by atoms with Gasteiger partial charge in [-0.3, -0.25) is 0 Å². The lowest BCUT2D eigenvalue weighted by atomic mass is 9.84. The number of hydrogen-bond donors (Lipinski definition) is 2. The second-order valence-corrected chi connectivity index (χ2v) is 6.60. The summed E-state index contributed by atoms with van der Waals surface area (Å²) < 4.78 is 0. The summed E-state index contributed by atoms with van der Waals surface area (Å²) in [6, 6.07) is 0.546. The van der Waals surface area contributed by atoms with E-state index in [0.29, 0.717) is 6.04 Å². The average Bonchev–Trinajstić information content (AvgIpc) is 2.38. The van der Waals surface area contributed by atoms with Crippen LogP contribution >= 0.6 is 0 Å². The Labute approximate surface area is 112 Å². The van der Waals surface area contributed by atoms with Crippen LogP contribution in [0, 0.1) is 5.92 Å². The third kappa shape index (κ3) is 3.94. The average molecular weight is 254 g/mol. The van der Waals surface area contributed by atoms with Crippen LogP contribution in [0.1, 0.15) is 51.9 Å². The highest BCUT2D eigenvalue weighted by molar-refractivity contribution is 4.87. The lowest BCUT2D eigenvalue weighted by molar-refractivity contribution is 0.000598. The molecule has 1 saturated heterocycles. The van der Waals surface area contributed by atoms with Crippen molar-refractivity contribution >= 4 is 0 Å². The van der Waals surface area contributed by atoms with Gasteiger partial charge in [0, 0.05) is 12.6 Å². The fourth-order valence-corrected chi connectivity index (χ4v) is 3.43. The van der Waals surface area contributed by atoms with Crippen LogP contribution in [0.2, 0.25) is 0 Å². The standard InChI is InChI=1S/C15H30N2O/c1-13(14-6-10-17(2)11-7-14)16-12-15(18)8-4-3-5-9-15/h13-14,16,18H,3-12H2,1-2H3. The largest absolute Gasteiger partial charge is 0.389 e. The zero-order valence-corrected chi connectivity index (χ0v) is 12.1. The van der Waals surface area contributed by atoms with Crippen LogP contribution < -0.4 is 5.32 Å². The monoisotopic (exact) mass is 254 g/mol. The Morgan fingerprint density at radius 3 is 2.44 bits per heavy atom. The van der Waals surface area contributed by atoms with Gasteiger partial charge in [-0.15, -0.1) is 0 Å². The summed E-state index contributed by atoms with van der Waals surface area (Å²) in [7, 11) is 2.21. The molecule has 106 valence electrons. The van der Waals surface area contributed by atoms with E-state index in [4.69, 9.17) is 0 Å². The van der Waals surface area contributed by atoms with E-state index in [0.717, 1.165) is 25.3 Å². The molecule has 1 atom stereocenters. The molecule has 3 nitrogen and oxygen atoms in total. The van der Waals surface area contributed by atoms with Crippen LogP contribution in [0.4, 0.5) is 0 Å². The Hall–Kier alpha value is -0.120. The lowest BCUT2D eigenvalue weighted by Gasteiger charge is -2.37. The highest BCUT2D eigenvalue weighted by Gasteiger charge is 2.30. The number of nitrogens with one attached hydrogen (secondary N) is 1. The third-order valence-electron chi connectivity index (χ3n) is 5.01. The summed E-state index contributed by atoms with van der Waals surface area (Å²) in [4.78, 5) is 2.41. The van der Waals surface area contributed by atoms with Gasteiger partial charge in [0.25, 0.3) is 0 Å². The van der Waals surface area contributed by atoms with Gasteiger partial charge in [-0.05, 0) is 58.7 Å². The molecule has 0 bridgehead atoms. The summed E-state index contributed by atoms with van der Waals surface area (Å²) in [6.45, 7) is 5.53. The van der Waals surface area contributed by atoms with E-state index in [2.05, 4.69) is 24.2 Å². The maximum atomic E-state index is 10.5. The minimum Gasteiger partial charge on any atom is -0.389 e. The van der Waals surface area contributed by atoms with Crippen LogP contribution in [0.15, 0.2) is 0 Å². The van der Waals surface area contributed by atoms with Gasteiger partial charge in [0.05, 0.1) is 5.60 Å². The molecule has 0 spiro atoms. The molecule has 2 rings (SSSR count). The molecule has 0 radical (unpaired) electrons. The van der Waals surface area contributed by atoms with Gasteiger partial charge in [0.15, 0.2) is 0 Å². The van der Waals surface area contributed by atoms with Crippen LogP contribution in [-0.4, -0.2) is 48.3 Å². The molecule has 0 aromatic rings. The quantitative estimate of drug-likeness (QED) is 0.805. The summed E-state index contributed by atoms with van der Waals surface area (Å²) >= 11 is 0. The Bertz CT molecular complexity index is 243. The van der Waals surface area contributed by atoms with Gasteiger partial charge in [0.1, 0.15) is 0 Å². The maximum absolute atomic E-state index is 10.5. The number of hydrogen-bond acceptors (Lipinski definition) is 3. The Balaban J connectivity index is 1.72. The molecule has 2 fully saturated rings. The van der Waals surface area contributed by atoms with E-state index in [-0.39, 0.29) is 0 Å². The molecular formula is C15H30N2O. The number of aliphatic hydroxyl groups is 1. The first-order valence-electron chi connectivity index (χ1n) is 7.73. The molecule has 1 aliphatic heterocycles. The number of likely N-dealkylation sites (tertiary alicyclic amines) is 1. The Morgan fingerprint density at radius 2 is 1.83 bits per heavy atom. The molecule has 3 heteroatoms. The van der Waals surface area contributed by atoms with E-state index in [9.17, 15) is 5.11 Å². The molecule has 2 N–H and O–H groups in total. The number of rotatable bonds is 4. The smallest absolute Gasteiger partial charge is 0.0771 e. The fourth-order valence-electron chi connectivity index (χ4n) is 3.43. The summed E-state index contributed by atoms with van der Waals surface area (Å²) in [5.74, 6) is 0.786. The van der Waals surface area contributed by atoms with Crippen molar-refractivity contribution in [2.45, 2.75) is 63.5 Å². The molecule has 0 aromatic heterocycles. The predicted octanol–water partition coefficient (Wildman–Crippen LogP) is 2.00. The van der Waals surface area contributed by atoms with Gasteiger partial charge in [0.2, 0.25) is 0 Å². The minimum absolute atomic E-state index is 0.419. The van der Waals surface area contributed by atoms with Crippen molar-refractivity contribution in [2.24, 2.45) is 5.92 Å². The van der Waals surface area contributed by atoms with Crippen molar-refractivity contribution in [2.75, 3.05) is 26.7 Å². The van der Waals surface area contributed by atoms with Crippen molar-refractivity contribution in [1.29, 1.82) is 0 Å². The number of piperidine rings is 1. The van der Waals surface area contributed by atoms with Crippen molar-refractivity contribution in [3.05, 3.63) is 0 Å². The van der Waals surface area contributed by atoms with Crippen molar-refractivity contribution < 1.29 is 5.11 Å². The molecule has 0 amide bonds. The van der Waals surface area contributed by atoms with E-state index in [1.165, 1.54) is 45.2 Å². The van der Waals surface area contributed by atoms with E-state index in [1.807, 2.05) is 0 Å². The minimum atomic E-state index is -0.419. The van der Waals surface area contributed by atoms with Crippen LogP contribution in [0.5, 0.6) is 0 Å². The molecule has 1 unspecified atom stereocenters. The zero-order chi connectivity index (χ0) is 13.0. The highest BCUT2D eigenvalue weighted by Crippen LogP contribution is 2.28. The van der Waals surface area contributed by atoms with E-state index < -0.39 is 5.60 Å². The van der Waals surface area contributed by atoms with Gasteiger partial charge in [-0.2, -0.15) is 0 Å². The second kappa shape index (κ2) is 6.36. The van der Waals surface area contributed by atoms with Gasteiger partial charge >= 0.3 is 0 Å². The Kier molecular flexibility index (Phi) is 5.05. The molecule has 1 saturated carbocycles. The van der Waals surface area contributed by atoms with Crippen molar-refractivity contribution in [1.82, 2.24) is 10.2 Å². The molecule has 0 aromatic carbocycles. The normalized spacial score (nSPS) is 28.2. The Morgan fingerprint density at radius 1 is 1.22 bits per heavy atom. The summed E-state index contributed by atoms with van der Waals surface area (Å²) in [6.07, 6.45) is 8.25. The first kappa shape index (κ1) is 14.3. The molecule has 18 heavy (non-hydrogen) atoms. The topological polar surface area (TPSA) is 35.5 Å². The van der Waals surface area contributed by atoms with Crippen molar-refractivity contribution in [3.63, 3.8) is 0 Å². The SMILES string of the molecule is CC(NCC1(O)CCCCC1)C1CCN(C)CC1. The summed E-state index contributed by atoms with van der Waals surface area (Å²) in [5, 5.41) is 14.1. The highest BCUT2D eigenvalue weighted by atomic mass is 16.3. The first-order chi connectivity index (χ1) is 8.59. The van der Waals surface area contributed by atoms with Crippen molar-refractivity contribution in [3.8, 4) is 0 Å². The van der Waals surface area contributed by atoms with Gasteiger partial charge in [-0.25, -0.2) is 0 Å². The lowest BCUT2D eigenvalue weighted by Crippen LogP contribution is -2.48. The third-order valence-corrected chi connectivity index (χ3v) is 5.01. The predicted molar refractivity (Wildman–Crippen MR) is 75.7 cm³/mol. The molecule has 1 heterocycles. The van der Waals surface area contributed by atoms with Crippen LogP contribution in [0.3, 0.4) is 0 Å². The first-order valence-corrected chi connectivity index (χ1v) is 7.73. The fraction of sp³-hybridized carbons (Fsp3) is 1.00. The van der Waals surface area contributed by atoms with E-state index >= 15 is 0 Å². The maximum Gasteiger partial charge on any atom is 0.0771 e. The second-order valence-electron chi connectivity index (χ2n) is 6.60. The van der Waals surface area contributed by atoms with Crippen LogP contribution in [-0.2, 0) is 0 Å². The summed E-state index contributed by atoms with van der Waals surface area (Å²) in [5.41, 5.74) is -0.419. The zero-order valence-electron chi connectivity index (χ0n) is 12.1. The van der Waals surface area contributed by atoms with Crippen LogP contribution in [0.25, 0.3) is 0 Å². The van der Waals surface area contributed by atoms with Gasteiger partial charge < -0.3 is 15.3 Å². The number of nitrogens with zero attached hydrogens (tertiary/aromatic N) is 1. The molecular weight excluding hydrogens is 224 g/mol. The van der Waals surface area contributed by atoms with E-state index in [1.54, 1.807) is 0 Å². The molecule has 1 aliphatic carbocycles.